The topological polar surface area (TPSA) is 39.1 Å². The molecule has 0 saturated heterocycles. The van der Waals surface area contributed by atoms with Gasteiger partial charge in [-0.15, -0.1) is 0 Å². The van der Waals surface area contributed by atoms with Crippen molar-refractivity contribution in [1.82, 2.24) is 10.2 Å². The summed E-state index contributed by atoms with van der Waals surface area (Å²) in [6, 6.07) is 12.0. The normalized spacial score (nSPS) is 12.4. The van der Waals surface area contributed by atoms with Gasteiger partial charge < -0.3 is 4.90 Å². The lowest BCUT2D eigenvalue weighted by Crippen LogP contribution is -2.33. The monoisotopic (exact) mass is 231 g/mol. The number of likely N-dealkylation sites (N-methyl/N-ethyl adjacent to an activating group) is 1. The highest BCUT2D eigenvalue weighted by Gasteiger charge is 2.08. The van der Waals surface area contributed by atoms with Gasteiger partial charge in [0.05, 0.1) is 6.07 Å². The molecular weight excluding hydrogens is 210 g/mol. The van der Waals surface area contributed by atoms with Gasteiger partial charge in [-0.2, -0.15) is 5.26 Å². The second-order valence-electron chi connectivity index (χ2n) is 3.95. The molecule has 0 amide bonds. The molecule has 0 radical (unpaired) electrons. The van der Waals surface area contributed by atoms with Crippen LogP contribution in [-0.2, 0) is 0 Å². The van der Waals surface area contributed by atoms with Crippen molar-refractivity contribution in [3.05, 3.63) is 35.9 Å². The van der Waals surface area contributed by atoms with Crippen LogP contribution in [0, 0.1) is 11.3 Å². The third kappa shape index (κ3) is 4.56. The second kappa shape index (κ2) is 7.83. The predicted molar refractivity (Wildman–Crippen MR) is 70.6 cm³/mol. The molecule has 1 N–H and O–H groups in total. The van der Waals surface area contributed by atoms with Crippen molar-refractivity contribution in [3.63, 3.8) is 0 Å². The fourth-order valence-electron chi connectivity index (χ4n) is 1.79. The Morgan fingerprint density at radius 2 is 1.88 bits per heavy atom. The molecule has 1 unspecified atom stereocenters. The van der Waals surface area contributed by atoms with Gasteiger partial charge in [0.2, 0.25) is 0 Å². The van der Waals surface area contributed by atoms with Crippen molar-refractivity contribution in [2.75, 3.05) is 26.2 Å². The molecule has 0 aliphatic carbocycles. The summed E-state index contributed by atoms with van der Waals surface area (Å²) in [4.78, 5) is 2.34. The number of nitrogens with one attached hydrogen (secondary N) is 1. The number of nitrogens with zero attached hydrogens (tertiary/aromatic N) is 2. The van der Waals surface area contributed by atoms with E-state index in [1.807, 2.05) is 30.3 Å². The molecule has 1 aromatic rings. The lowest BCUT2D eigenvalue weighted by Gasteiger charge is -2.19. The van der Waals surface area contributed by atoms with E-state index in [0.717, 1.165) is 31.7 Å². The van der Waals surface area contributed by atoms with Gasteiger partial charge in [0, 0.05) is 13.1 Å². The standard InChI is InChI=1S/C14H21N3/c1-3-17(4-2)11-10-16-14(12-15)13-8-6-5-7-9-13/h5-9,14,16H,3-4,10-11H2,1-2H3. The molecule has 0 aliphatic rings. The average molecular weight is 231 g/mol. The van der Waals surface area contributed by atoms with Crippen LogP contribution in [0.4, 0.5) is 0 Å². The van der Waals surface area contributed by atoms with Crippen molar-refractivity contribution >= 4 is 0 Å². The fourth-order valence-corrected chi connectivity index (χ4v) is 1.79. The van der Waals surface area contributed by atoms with Crippen molar-refractivity contribution in [2.24, 2.45) is 0 Å². The van der Waals surface area contributed by atoms with E-state index in [9.17, 15) is 0 Å². The van der Waals surface area contributed by atoms with Crippen molar-refractivity contribution in [3.8, 4) is 6.07 Å². The van der Waals surface area contributed by atoms with Gasteiger partial charge in [-0.25, -0.2) is 0 Å². The quantitative estimate of drug-likeness (QED) is 0.781. The zero-order valence-electron chi connectivity index (χ0n) is 10.7. The highest BCUT2D eigenvalue weighted by atomic mass is 15.1. The first-order valence-corrected chi connectivity index (χ1v) is 6.22. The summed E-state index contributed by atoms with van der Waals surface area (Å²) in [5.74, 6) is 0. The number of rotatable bonds is 7. The Bertz CT molecular complexity index is 338. The molecule has 1 rings (SSSR count). The van der Waals surface area contributed by atoms with Gasteiger partial charge in [0.25, 0.3) is 0 Å². The molecule has 1 atom stereocenters. The predicted octanol–water partition coefficient (Wildman–Crippen LogP) is 2.18. The first kappa shape index (κ1) is 13.7. The van der Waals surface area contributed by atoms with E-state index in [0.29, 0.717) is 0 Å². The Balaban J connectivity index is 2.42. The van der Waals surface area contributed by atoms with E-state index in [1.54, 1.807) is 0 Å². The zero-order chi connectivity index (χ0) is 12.5. The van der Waals surface area contributed by atoms with Gasteiger partial charge in [-0.1, -0.05) is 44.2 Å². The van der Waals surface area contributed by atoms with Crippen LogP contribution < -0.4 is 5.32 Å². The highest BCUT2D eigenvalue weighted by Crippen LogP contribution is 2.10. The Labute approximate surface area is 104 Å². The summed E-state index contributed by atoms with van der Waals surface area (Å²) in [5, 5.41) is 12.4. The molecule has 0 aromatic heterocycles. The van der Waals surface area contributed by atoms with E-state index < -0.39 is 0 Å². The van der Waals surface area contributed by atoms with Gasteiger partial charge in [-0.3, -0.25) is 5.32 Å². The van der Waals surface area contributed by atoms with Crippen molar-refractivity contribution in [1.29, 1.82) is 5.26 Å². The molecule has 3 heteroatoms. The summed E-state index contributed by atoms with van der Waals surface area (Å²) in [5.41, 5.74) is 1.04. The summed E-state index contributed by atoms with van der Waals surface area (Å²) >= 11 is 0. The van der Waals surface area contributed by atoms with Gasteiger partial charge in [-0.05, 0) is 18.7 Å². The maximum absolute atomic E-state index is 9.13. The van der Waals surface area contributed by atoms with E-state index >= 15 is 0 Å². The van der Waals surface area contributed by atoms with E-state index in [1.165, 1.54) is 0 Å². The number of nitriles is 1. The van der Waals surface area contributed by atoms with Crippen LogP contribution in [0.15, 0.2) is 30.3 Å². The molecule has 0 bridgehead atoms. The lowest BCUT2D eigenvalue weighted by molar-refractivity contribution is 0.300. The molecule has 92 valence electrons. The summed E-state index contributed by atoms with van der Waals surface area (Å²) < 4.78 is 0. The Kier molecular flexibility index (Phi) is 6.31. The minimum atomic E-state index is -0.202. The summed E-state index contributed by atoms with van der Waals surface area (Å²) in [6.45, 7) is 8.25. The Morgan fingerprint density at radius 3 is 2.41 bits per heavy atom. The van der Waals surface area contributed by atoms with E-state index in [2.05, 4.69) is 30.1 Å². The summed E-state index contributed by atoms with van der Waals surface area (Å²) in [6.07, 6.45) is 0. The molecule has 0 heterocycles. The first-order chi connectivity index (χ1) is 8.31. The van der Waals surface area contributed by atoms with Crippen LogP contribution in [0.2, 0.25) is 0 Å². The molecule has 0 aliphatic heterocycles. The van der Waals surface area contributed by atoms with Crippen LogP contribution in [0.1, 0.15) is 25.5 Å². The highest BCUT2D eigenvalue weighted by molar-refractivity contribution is 5.23. The molecule has 0 spiro atoms. The number of hydrogen-bond donors (Lipinski definition) is 1. The molecular formula is C14H21N3. The van der Waals surface area contributed by atoms with Gasteiger partial charge >= 0.3 is 0 Å². The average Bonchev–Trinajstić information content (AvgIpc) is 2.40. The smallest absolute Gasteiger partial charge is 0.121 e. The van der Waals surface area contributed by atoms with Crippen molar-refractivity contribution in [2.45, 2.75) is 19.9 Å². The molecule has 0 fully saturated rings. The largest absolute Gasteiger partial charge is 0.303 e. The Hall–Kier alpha value is -1.37. The fraction of sp³-hybridized carbons (Fsp3) is 0.500. The summed E-state index contributed by atoms with van der Waals surface area (Å²) in [7, 11) is 0. The SMILES string of the molecule is CCN(CC)CCNC(C#N)c1ccccc1. The molecule has 17 heavy (non-hydrogen) atoms. The third-order valence-corrected chi connectivity index (χ3v) is 2.93. The third-order valence-electron chi connectivity index (χ3n) is 2.93. The maximum Gasteiger partial charge on any atom is 0.121 e. The second-order valence-corrected chi connectivity index (χ2v) is 3.95. The molecule has 1 aromatic carbocycles. The van der Waals surface area contributed by atoms with Crippen LogP contribution in [0.25, 0.3) is 0 Å². The lowest BCUT2D eigenvalue weighted by atomic mass is 10.1. The van der Waals surface area contributed by atoms with Crippen LogP contribution in [-0.4, -0.2) is 31.1 Å². The van der Waals surface area contributed by atoms with Crippen LogP contribution in [0.3, 0.4) is 0 Å². The van der Waals surface area contributed by atoms with Gasteiger partial charge in [0.1, 0.15) is 6.04 Å². The minimum absolute atomic E-state index is 0.202. The first-order valence-electron chi connectivity index (χ1n) is 6.22. The van der Waals surface area contributed by atoms with Crippen LogP contribution in [0.5, 0.6) is 0 Å². The zero-order valence-corrected chi connectivity index (χ0v) is 10.7. The molecule has 3 nitrogen and oxygen atoms in total. The minimum Gasteiger partial charge on any atom is -0.303 e. The molecule has 0 saturated carbocycles. The number of hydrogen-bond acceptors (Lipinski definition) is 3. The van der Waals surface area contributed by atoms with Crippen molar-refractivity contribution < 1.29 is 0 Å². The van der Waals surface area contributed by atoms with E-state index in [4.69, 9.17) is 5.26 Å². The Morgan fingerprint density at radius 1 is 1.24 bits per heavy atom. The number of benzene rings is 1. The van der Waals surface area contributed by atoms with Gasteiger partial charge in [0.15, 0.2) is 0 Å². The maximum atomic E-state index is 9.13. The van der Waals surface area contributed by atoms with Crippen LogP contribution >= 0.6 is 0 Å². The van der Waals surface area contributed by atoms with E-state index in [-0.39, 0.29) is 6.04 Å².